The van der Waals surface area contributed by atoms with Crippen molar-refractivity contribution in [1.82, 2.24) is 0 Å². The van der Waals surface area contributed by atoms with Gasteiger partial charge in [-0.05, 0) is 98.1 Å². The third kappa shape index (κ3) is 5.29. The summed E-state index contributed by atoms with van der Waals surface area (Å²) in [6, 6.07) is 69.0. The number of nitrogens with zero attached hydrogens (tertiary/aromatic N) is 1. The van der Waals surface area contributed by atoms with E-state index >= 15 is 0 Å². The Morgan fingerprint density at radius 1 is 0.377 bits per heavy atom. The zero-order chi connectivity index (χ0) is 35.5. The van der Waals surface area contributed by atoms with Gasteiger partial charge in [-0.2, -0.15) is 0 Å². The van der Waals surface area contributed by atoms with Gasteiger partial charge in [0.2, 0.25) is 0 Å². The van der Waals surface area contributed by atoms with Crippen LogP contribution in [0.25, 0.3) is 64.7 Å². The number of rotatable bonds is 6. The third-order valence-electron chi connectivity index (χ3n) is 11.1. The van der Waals surface area contributed by atoms with Crippen LogP contribution in [0.15, 0.2) is 188 Å². The van der Waals surface area contributed by atoms with E-state index in [0.717, 1.165) is 17.1 Å². The molecule has 53 heavy (non-hydrogen) atoms. The molecule has 0 saturated carbocycles. The molecule has 8 aromatic carbocycles. The molecule has 0 bridgehead atoms. The molecule has 1 aromatic heterocycles. The molecular formula is C51H37NS. The van der Waals surface area contributed by atoms with Gasteiger partial charge in [-0.15, -0.1) is 11.3 Å². The fraction of sp³-hybridized carbons (Fsp3) is 0.0588. The zero-order valence-electron chi connectivity index (χ0n) is 29.8. The molecule has 0 fully saturated rings. The summed E-state index contributed by atoms with van der Waals surface area (Å²) < 4.78 is 2.67. The molecular weight excluding hydrogens is 659 g/mol. The van der Waals surface area contributed by atoms with Gasteiger partial charge in [-0.25, -0.2) is 0 Å². The van der Waals surface area contributed by atoms with Gasteiger partial charge in [0, 0.05) is 42.6 Å². The topological polar surface area (TPSA) is 3.24 Å². The average Bonchev–Trinajstić information content (AvgIpc) is 3.71. The summed E-state index contributed by atoms with van der Waals surface area (Å²) in [4.78, 5) is 2.40. The monoisotopic (exact) mass is 695 g/mol. The van der Waals surface area contributed by atoms with Gasteiger partial charge in [-0.3, -0.25) is 0 Å². The van der Waals surface area contributed by atoms with Crippen LogP contribution in [0.2, 0.25) is 0 Å². The lowest BCUT2D eigenvalue weighted by molar-refractivity contribution is 0.660. The van der Waals surface area contributed by atoms with Crippen molar-refractivity contribution in [3.63, 3.8) is 0 Å². The molecule has 0 unspecified atom stereocenters. The third-order valence-corrected chi connectivity index (χ3v) is 12.3. The second-order valence-electron chi connectivity index (χ2n) is 14.6. The Balaban J connectivity index is 1.06. The van der Waals surface area contributed by atoms with Crippen molar-refractivity contribution in [3.05, 3.63) is 199 Å². The number of thiophene rings is 1. The Labute approximate surface area is 315 Å². The van der Waals surface area contributed by atoms with Crippen LogP contribution in [-0.4, -0.2) is 0 Å². The Bertz CT molecular complexity index is 2770. The number of benzene rings is 8. The minimum atomic E-state index is -0.0394. The largest absolute Gasteiger partial charge is 0.310 e. The summed E-state index contributed by atoms with van der Waals surface area (Å²) in [6.45, 7) is 4.69. The van der Waals surface area contributed by atoms with Crippen molar-refractivity contribution in [2.75, 3.05) is 4.90 Å². The minimum absolute atomic E-state index is 0.0394. The van der Waals surface area contributed by atoms with Crippen molar-refractivity contribution in [1.29, 1.82) is 0 Å². The lowest BCUT2D eigenvalue weighted by atomic mass is 9.82. The molecule has 9 aromatic rings. The maximum Gasteiger partial charge on any atom is 0.0468 e. The molecule has 0 atom stereocenters. The molecule has 0 aliphatic heterocycles. The van der Waals surface area contributed by atoms with E-state index in [1.807, 2.05) is 11.3 Å². The first-order valence-electron chi connectivity index (χ1n) is 18.3. The molecule has 0 radical (unpaired) electrons. The van der Waals surface area contributed by atoms with Crippen LogP contribution >= 0.6 is 11.3 Å². The quantitative estimate of drug-likeness (QED) is 0.167. The van der Waals surface area contributed by atoms with E-state index in [2.05, 4.69) is 207 Å². The molecule has 1 heterocycles. The lowest BCUT2D eigenvalue weighted by Gasteiger charge is -2.27. The van der Waals surface area contributed by atoms with E-state index in [4.69, 9.17) is 0 Å². The van der Waals surface area contributed by atoms with Crippen LogP contribution in [0.5, 0.6) is 0 Å². The van der Waals surface area contributed by atoms with E-state index in [9.17, 15) is 0 Å². The number of hydrogen-bond acceptors (Lipinski definition) is 2. The fourth-order valence-electron chi connectivity index (χ4n) is 8.35. The van der Waals surface area contributed by atoms with E-state index < -0.39 is 0 Å². The van der Waals surface area contributed by atoms with Gasteiger partial charge in [0.25, 0.3) is 0 Å². The van der Waals surface area contributed by atoms with Crippen LogP contribution in [0.4, 0.5) is 17.1 Å². The highest BCUT2D eigenvalue weighted by Crippen LogP contribution is 2.51. The first-order valence-corrected chi connectivity index (χ1v) is 19.2. The van der Waals surface area contributed by atoms with Gasteiger partial charge >= 0.3 is 0 Å². The molecule has 10 rings (SSSR count). The smallest absolute Gasteiger partial charge is 0.0468 e. The van der Waals surface area contributed by atoms with Crippen molar-refractivity contribution >= 4 is 48.6 Å². The highest BCUT2D eigenvalue weighted by atomic mass is 32.1. The van der Waals surface area contributed by atoms with Crippen LogP contribution in [0.3, 0.4) is 0 Å². The molecule has 0 N–H and O–H groups in total. The van der Waals surface area contributed by atoms with E-state index in [1.54, 1.807) is 0 Å². The van der Waals surface area contributed by atoms with Gasteiger partial charge in [0.05, 0.1) is 0 Å². The van der Waals surface area contributed by atoms with Gasteiger partial charge in [-0.1, -0.05) is 159 Å². The van der Waals surface area contributed by atoms with Crippen LogP contribution < -0.4 is 4.90 Å². The second-order valence-corrected chi connectivity index (χ2v) is 15.6. The van der Waals surface area contributed by atoms with E-state index in [0.29, 0.717) is 0 Å². The van der Waals surface area contributed by atoms with Crippen LogP contribution in [0, 0.1) is 0 Å². The predicted octanol–water partition coefficient (Wildman–Crippen LogP) is 14.8. The van der Waals surface area contributed by atoms with Gasteiger partial charge in [0.15, 0.2) is 0 Å². The summed E-state index contributed by atoms with van der Waals surface area (Å²) in [6.07, 6.45) is 0. The normalized spacial score (nSPS) is 12.9. The average molecular weight is 696 g/mol. The summed E-state index contributed by atoms with van der Waals surface area (Å²) in [5, 5.41) is 2.65. The maximum atomic E-state index is 2.40. The highest BCUT2D eigenvalue weighted by Gasteiger charge is 2.35. The van der Waals surface area contributed by atoms with Gasteiger partial charge < -0.3 is 4.90 Å². The second kappa shape index (κ2) is 12.5. The summed E-state index contributed by atoms with van der Waals surface area (Å²) in [5.41, 5.74) is 16.1. The molecule has 1 nitrogen and oxygen atoms in total. The van der Waals surface area contributed by atoms with Crippen molar-refractivity contribution in [2.24, 2.45) is 0 Å². The Morgan fingerprint density at radius 3 is 1.60 bits per heavy atom. The number of anilines is 3. The van der Waals surface area contributed by atoms with Gasteiger partial charge in [0.1, 0.15) is 0 Å². The van der Waals surface area contributed by atoms with Crippen molar-refractivity contribution < 1.29 is 0 Å². The summed E-state index contributed by atoms with van der Waals surface area (Å²) in [7, 11) is 0. The van der Waals surface area contributed by atoms with Crippen LogP contribution in [-0.2, 0) is 5.41 Å². The first-order chi connectivity index (χ1) is 26.0. The maximum absolute atomic E-state index is 2.40. The molecule has 0 saturated heterocycles. The molecule has 1 aliphatic rings. The number of fused-ring (bicyclic) bond motifs is 6. The molecule has 1 aliphatic carbocycles. The molecule has 2 heteroatoms. The van der Waals surface area contributed by atoms with E-state index in [-0.39, 0.29) is 5.41 Å². The molecule has 252 valence electrons. The van der Waals surface area contributed by atoms with Crippen molar-refractivity contribution in [3.8, 4) is 44.5 Å². The highest BCUT2D eigenvalue weighted by molar-refractivity contribution is 7.26. The zero-order valence-corrected chi connectivity index (χ0v) is 30.6. The molecule has 0 amide bonds. The summed E-state index contributed by atoms with van der Waals surface area (Å²) in [5.74, 6) is 0. The van der Waals surface area contributed by atoms with Crippen molar-refractivity contribution in [2.45, 2.75) is 19.3 Å². The standard InChI is InChI=1S/C51H37NS/c1-51(2)47-17-8-6-13-43(47)46-33-41(31-32-48(46)51)52(39-27-23-37(24-28-39)36-21-19-35(20-22-36)34-11-4-3-5-12-34)40-29-25-38(26-30-40)42-15-10-16-45-44-14-7-9-18-49(44)53-50(42)45/h3-33H,1-2H3. The summed E-state index contributed by atoms with van der Waals surface area (Å²) >= 11 is 1.88. The van der Waals surface area contributed by atoms with E-state index in [1.165, 1.54) is 75.8 Å². The lowest BCUT2D eigenvalue weighted by Crippen LogP contribution is -2.15. The Hall–Kier alpha value is -6.22. The Morgan fingerprint density at radius 2 is 0.887 bits per heavy atom. The predicted molar refractivity (Wildman–Crippen MR) is 228 cm³/mol. The minimum Gasteiger partial charge on any atom is -0.310 e. The fourth-order valence-corrected chi connectivity index (χ4v) is 9.59. The first kappa shape index (κ1) is 31.5. The Kier molecular flexibility index (Phi) is 7.42. The van der Waals surface area contributed by atoms with Crippen LogP contribution in [0.1, 0.15) is 25.0 Å². The molecule has 0 spiro atoms. The number of hydrogen-bond donors (Lipinski definition) is 0. The SMILES string of the molecule is CC1(C)c2ccccc2-c2cc(N(c3ccc(-c4ccc(-c5ccccc5)cc4)cc3)c3ccc(-c4cccc5c4sc4ccccc45)cc3)ccc21.